The number of benzene rings is 2. The first-order valence-corrected chi connectivity index (χ1v) is 10.1. The summed E-state index contributed by atoms with van der Waals surface area (Å²) < 4.78 is 5.41. The first kappa shape index (κ1) is 20.2. The lowest BCUT2D eigenvalue weighted by Crippen LogP contribution is -2.38. The Morgan fingerprint density at radius 3 is 2.29 bits per heavy atom. The summed E-state index contributed by atoms with van der Waals surface area (Å²) in [5, 5.41) is 3.08. The summed E-state index contributed by atoms with van der Waals surface area (Å²) in [6.07, 6.45) is 1.02. The topological polar surface area (TPSA) is 44.8 Å². The van der Waals surface area contributed by atoms with Crippen molar-refractivity contribution in [2.75, 3.05) is 38.3 Å². The number of ether oxygens (including phenoxy) is 1. The molecule has 5 heteroatoms. The quantitative estimate of drug-likeness (QED) is 0.823. The Hall–Kier alpha value is -2.53. The lowest BCUT2D eigenvalue weighted by molar-refractivity contribution is 0.122. The van der Waals surface area contributed by atoms with Gasteiger partial charge in [0.1, 0.15) is 0 Å². The second kappa shape index (κ2) is 9.60. The van der Waals surface area contributed by atoms with Crippen LogP contribution in [-0.4, -0.2) is 44.3 Å². The molecule has 3 rings (SSSR count). The van der Waals surface area contributed by atoms with Crippen LogP contribution in [0.2, 0.25) is 0 Å². The van der Waals surface area contributed by atoms with Crippen LogP contribution >= 0.6 is 0 Å². The number of amides is 2. The molecule has 0 aromatic heterocycles. The molecule has 0 bridgehead atoms. The molecule has 0 saturated carbocycles. The molecule has 150 valence electrons. The van der Waals surface area contributed by atoms with Crippen LogP contribution in [0.15, 0.2) is 48.5 Å². The highest BCUT2D eigenvalue weighted by Crippen LogP contribution is 2.18. The minimum Gasteiger partial charge on any atom is -0.378 e. The highest BCUT2D eigenvalue weighted by Gasteiger charge is 2.15. The SMILES string of the molecule is CCc1ccc(C(C)NC(=O)N(C)Cc2ccc(N3CCOCC3)cc2)cc1. The zero-order valence-corrected chi connectivity index (χ0v) is 17.1. The Labute approximate surface area is 168 Å². The van der Waals surface area contributed by atoms with Gasteiger partial charge in [0.2, 0.25) is 0 Å². The van der Waals surface area contributed by atoms with Gasteiger partial charge in [0.15, 0.2) is 0 Å². The Kier molecular flexibility index (Phi) is 6.93. The molecule has 1 aliphatic heterocycles. The third kappa shape index (κ3) is 5.26. The maximum atomic E-state index is 12.6. The molecule has 0 spiro atoms. The van der Waals surface area contributed by atoms with Crippen LogP contribution in [0.3, 0.4) is 0 Å². The predicted octanol–water partition coefficient (Wildman–Crippen LogP) is 3.99. The lowest BCUT2D eigenvalue weighted by Gasteiger charge is -2.29. The molecule has 1 saturated heterocycles. The number of hydrogen-bond acceptors (Lipinski definition) is 3. The Balaban J connectivity index is 1.52. The molecule has 28 heavy (non-hydrogen) atoms. The molecule has 0 radical (unpaired) electrons. The monoisotopic (exact) mass is 381 g/mol. The summed E-state index contributed by atoms with van der Waals surface area (Å²) in [5.41, 5.74) is 4.76. The average molecular weight is 382 g/mol. The van der Waals surface area contributed by atoms with Gasteiger partial charge < -0.3 is 19.9 Å². The second-order valence-electron chi connectivity index (χ2n) is 7.39. The summed E-state index contributed by atoms with van der Waals surface area (Å²) in [7, 11) is 1.83. The second-order valence-corrected chi connectivity index (χ2v) is 7.39. The van der Waals surface area contributed by atoms with Gasteiger partial charge in [-0.3, -0.25) is 0 Å². The van der Waals surface area contributed by atoms with Crippen LogP contribution in [0, 0.1) is 0 Å². The van der Waals surface area contributed by atoms with Gasteiger partial charge in [-0.15, -0.1) is 0 Å². The molecule has 1 unspecified atom stereocenters. The van der Waals surface area contributed by atoms with E-state index in [1.165, 1.54) is 11.3 Å². The smallest absolute Gasteiger partial charge is 0.317 e. The van der Waals surface area contributed by atoms with Crippen molar-refractivity contribution >= 4 is 11.7 Å². The molecule has 1 N–H and O–H groups in total. The number of hydrogen-bond donors (Lipinski definition) is 1. The van der Waals surface area contributed by atoms with Crippen molar-refractivity contribution in [3.63, 3.8) is 0 Å². The normalized spacial score (nSPS) is 15.2. The molecule has 5 nitrogen and oxygen atoms in total. The number of carbonyl (C=O) groups is 1. The van der Waals surface area contributed by atoms with Crippen molar-refractivity contribution < 1.29 is 9.53 Å². The van der Waals surface area contributed by atoms with Crippen molar-refractivity contribution in [3.8, 4) is 0 Å². The van der Waals surface area contributed by atoms with E-state index in [4.69, 9.17) is 4.74 Å². The van der Waals surface area contributed by atoms with Crippen molar-refractivity contribution in [2.24, 2.45) is 0 Å². The minimum atomic E-state index is -0.0654. The molecule has 1 fully saturated rings. The zero-order chi connectivity index (χ0) is 19.9. The van der Waals surface area contributed by atoms with Crippen LogP contribution in [0.5, 0.6) is 0 Å². The van der Waals surface area contributed by atoms with E-state index in [-0.39, 0.29) is 12.1 Å². The van der Waals surface area contributed by atoms with Crippen molar-refractivity contribution in [1.82, 2.24) is 10.2 Å². The highest BCUT2D eigenvalue weighted by atomic mass is 16.5. The molecule has 2 aromatic carbocycles. The maximum Gasteiger partial charge on any atom is 0.317 e. The number of nitrogens with zero attached hydrogens (tertiary/aromatic N) is 2. The summed E-state index contributed by atoms with van der Waals surface area (Å²) in [6, 6.07) is 16.8. The fourth-order valence-corrected chi connectivity index (χ4v) is 3.40. The van der Waals surface area contributed by atoms with E-state index in [1.807, 2.05) is 14.0 Å². The van der Waals surface area contributed by atoms with E-state index in [9.17, 15) is 4.79 Å². The van der Waals surface area contributed by atoms with Gasteiger partial charge in [0.05, 0.1) is 19.3 Å². The van der Waals surface area contributed by atoms with Gasteiger partial charge in [-0.1, -0.05) is 43.3 Å². The molecule has 2 amide bonds. The van der Waals surface area contributed by atoms with Crippen LogP contribution < -0.4 is 10.2 Å². The molecule has 1 aliphatic rings. The number of aryl methyl sites for hydroxylation is 1. The zero-order valence-electron chi connectivity index (χ0n) is 17.1. The standard InChI is InChI=1S/C23H31N3O2/c1-4-19-5-9-21(10-6-19)18(2)24-23(27)25(3)17-20-7-11-22(12-8-20)26-13-15-28-16-14-26/h5-12,18H,4,13-17H2,1-3H3,(H,24,27). The number of anilines is 1. The predicted molar refractivity (Wildman–Crippen MR) is 114 cm³/mol. The molecular formula is C23H31N3O2. The number of carbonyl (C=O) groups excluding carboxylic acids is 1. The Bertz CT molecular complexity index is 752. The molecule has 0 aliphatic carbocycles. The van der Waals surface area contributed by atoms with Gasteiger partial charge >= 0.3 is 6.03 Å². The lowest BCUT2D eigenvalue weighted by atomic mass is 10.1. The average Bonchev–Trinajstić information content (AvgIpc) is 2.75. The van der Waals surface area contributed by atoms with Crippen LogP contribution in [0.4, 0.5) is 10.5 Å². The van der Waals surface area contributed by atoms with Gasteiger partial charge in [-0.2, -0.15) is 0 Å². The first-order chi connectivity index (χ1) is 13.6. The molecule has 2 aromatic rings. The number of urea groups is 1. The van der Waals surface area contributed by atoms with Crippen LogP contribution in [0.25, 0.3) is 0 Å². The van der Waals surface area contributed by atoms with E-state index in [0.29, 0.717) is 6.54 Å². The number of morpholine rings is 1. The number of rotatable bonds is 6. The minimum absolute atomic E-state index is 0.0236. The van der Waals surface area contributed by atoms with Gasteiger partial charge in [0, 0.05) is 32.4 Å². The largest absolute Gasteiger partial charge is 0.378 e. The molecular weight excluding hydrogens is 350 g/mol. The summed E-state index contributed by atoms with van der Waals surface area (Å²) in [4.78, 5) is 16.6. The molecule has 1 heterocycles. The van der Waals surface area contributed by atoms with E-state index < -0.39 is 0 Å². The number of nitrogens with one attached hydrogen (secondary N) is 1. The Morgan fingerprint density at radius 2 is 1.68 bits per heavy atom. The Morgan fingerprint density at radius 1 is 1.07 bits per heavy atom. The summed E-state index contributed by atoms with van der Waals surface area (Å²) in [5.74, 6) is 0. The third-order valence-corrected chi connectivity index (χ3v) is 5.31. The maximum absolute atomic E-state index is 12.6. The van der Waals surface area contributed by atoms with Gasteiger partial charge in [0.25, 0.3) is 0 Å². The van der Waals surface area contributed by atoms with Crippen molar-refractivity contribution in [3.05, 3.63) is 65.2 Å². The van der Waals surface area contributed by atoms with Crippen LogP contribution in [-0.2, 0) is 17.7 Å². The van der Waals surface area contributed by atoms with Crippen molar-refractivity contribution in [1.29, 1.82) is 0 Å². The van der Waals surface area contributed by atoms with E-state index >= 15 is 0 Å². The van der Waals surface area contributed by atoms with Gasteiger partial charge in [-0.25, -0.2) is 4.79 Å². The highest BCUT2D eigenvalue weighted by molar-refractivity contribution is 5.74. The van der Waals surface area contributed by atoms with E-state index in [1.54, 1.807) is 4.90 Å². The summed E-state index contributed by atoms with van der Waals surface area (Å²) >= 11 is 0. The van der Waals surface area contributed by atoms with E-state index in [0.717, 1.165) is 43.9 Å². The van der Waals surface area contributed by atoms with E-state index in [2.05, 4.69) is 65.7 Å². The fourth-order valence-electron chi connectivity index (χ4n) is 3.40. The van der Waals surface area contributed by atoms with Crippen LogP contribution in [0.1, 0.15) is 36.6 Å². The molecule has 1 atom stereocenters. The summed E-state index contributed by atoms with van der Waals surface area (Å²) in [6.45, 7) is 8.16. The fraction of sp³-hybridized carbons (Fsp3) is 0.435. The first-order valence-electron chi connectivity index (χ1n) is 10.1. The van der Waals surface area contributed by atoms with Crippen molar-refractivity contribution in [2.45, 2.75) is 32.9 Å². The third-order valence-electron chi connectivity index (χ3n) is 5.31. The van der Waals surface area contributed by atoms with Gasteiger partial charge in [-0.05, 0) is 42.2 Å².